The second-order valence-corrected chi connectivity index (χ2v) is 8.05. The number of nitrogens with one attached hydrogen (secondary N) is 2. The zero-order chi connectivity index (χ0) is 22.8. The number of aromatic hydroxyl groups is 1. The zero-order valence-electron chi connectivity index (χ0n) is 19.4. The number of aliphatic imine (C=N–C) groups is 1. The summed E-state index contributed by atoms with van der Waals surface area (Å²) in [5.41, 5.74) is 2.32. The number of hydrogen-bond donors (Lipinski definition) is 3. The minimum atomic E-state index is 0. The summed E-state index contributed by atoms with van der Waals surface area (Å²) in [6.07, 6.45) is 2.22. The Morgan fingerprint density at radius 3 is 2.67 bits per heavy atom. The number of benzene rings is 2. The summed E-state index contributed by atoms with van der Waals surface area (Å²) < 4.78 is 5.17. The van der Waals surface area contributed by atoms with Crippen LogP contribution in [0, 0.1) is 5.92 Å². The molecule has 1 unspecified atom stereocenters. The summed E-state index contributed by atoms with van der Waals surface area (Å²) in [6, 6.07) is 15.7. The first kappa shape index (κ1) is 26.8. The highest BCUT2D eigenvalue weighted by Crippen LogP contribution is 2.26. The molecule has 0 radical (unpaired) electrons. The van der Waals surface area contributed by atoms with E-state index in [0.717, 1.165) is 44.0 Å². The summed E-state index contributed by atoms with van der Waals surface area (Å²) in [5.74, 6) is 1.85. The fraction of sp³-hybridized carbons (Fsp3) is 0.440. The first-order chi connectivity index (χ1) is 15.6. The van der Waals surface area contributed by atoms with E-state index in [-0.39, 0.29) is 41.6 Å². The summed E-state index contributed by atoms with van der Waals surface area (Å²) >= 11 is 0. The first-order valence-electron chi connectivity index (χ1n) is 11.3. The number of guanidine groups is 1. The Labute approximate surface area is 213 Å². The van der Waals surface area contributed by atoms with Crippen molar-refractivity contribution in [3.05, 3.63) is 59.7 Å². The number of nitrogens with zero attached hydrogens (tertiary/aromatic N) is 2. The van der Waals surface area contributed by atoms with Crippen molar-refractivity contribution >= 4 is 35.8 Å². The minimum Gasteiger partial charge on any atom is -0.504 e. The van der Waals surface area contributed by atoms with Gasteiger partial charge >= 0.3 is 0 Å². The molecule has 33 heavy (non-hydrogen) atoms. The summed E-state index contributed by atoms with van der Waals surface area (Å²) in [5, 5.41) is 16.3. The molecular weight excluding hydrogens is 531 g/mol. The molecule has 1 aliphatic rings. The van der Waals surface area contributed by atoms with Gasteiger partial charge in [-0.05, 0) is 43.0 Å². The predicted octanol–water partition coefficient (Wildman–Crippen LogP) is 3.21. The summed E-state index contributed by atoms with van der Waals surface area (Å²) in [6.45, 7) is 5.65. The number of amides is 1. The molecule has 1 atom stereocenters. The van der Waals surface area contributed by atoms with Gasteiger partial charge < -0.3 is 25.4 Å². The molecule has 3 N–H and O–H groups in total. The van der Waals surface area contributed by atoms with E-state index in [1.165, 1.54) is 5.56 Å². The molecule has 1 saturated heterocycles. The van der Waals surface area contributed by atoms with Crippen molar-refractivity contribution in [2.75, 3.05) is 39.8 Å². The van der Waals surface area contributed by atoms with Crippen LogP contribution in [0.3, 0.4) is 0 Å². The van der Waals surface area contributed by atoms with Gasteiger partial charge in [-0.1, -0.05) is 36.4 Å². The number of halogens is 1. The number of phenolic OH excluding ortho intramolecular Hbond substituents is 1. The Morgan fingerprint density at radius 1 is 1.15 bits per heavy atom. The lowest BCUT2D eigenvalue weighted by molar-refractivity contribution is -0.127. The van der Waals surface area contributed by atoms with Crippen LogP contribution in [0.2, 0.25) is 0 Å². The number of likely N-dealkylation sites (tertiary alicyclic amines) is 1. The normalized spacial score (nSPS) is 15.8. The van der Waals surface area contributed by atoms with Crippen molar-refractivity contribution in [2.45, 2.75) is 26.2 Å². The maximum Gasteiger partial charge on any atom is 0.223 e. The van der Waals surface area contributed by atoms with Crippen LogP contribution in [-0.4, -0.2) is 61.7 Å². The number of carbonyl (C=O) groups is 1. The van der Waals surface area contributed by atoms with E-state index in [2.05, 4.69) is 22.8 Å². The molecule has 0 spiro atoms. The van der Waals surface area contributed by atoms with Gasteiger partial charge in [0.15, 0.2) is 17.5 Å². The standard InChI is InChI=1S/C25H34N4O3.HI/c1-3-26-25(27-13-11-20-9-10-22(30)23(15-20)32-2)28-17-21-16-24(31)29(18-21)14-12-19-7-5-4-6-8-19;/h4-10,15,21,30H,3,11-14,16-18H2,1-2H3,(H2,26,27,28);1H. The molecule has 1 heterocycles. The van der Waals surface area contributed by atoms with Gasteiger partial charge in [-0.2, -0.15) is 0 Å². The molecule has 7 nitrogen and oxygen atoms in total. The van der Waals surface area contributed by atoms with E-state index in [1.54, 1.807) is 13.2 Å². The Balaban J connectivity index is 0.00000385. The lowest BCUT2D eigenvalue weighted by atomic mass is 10.1. The fourth-order valence-electron chi connectivity index (χ4n) is 3.87. The van der Waals surface area contributed by atoms with Gasteiger partial charge in [0.05, 0.1) is 7.11 Å². The van der Waals surface area contributed by atoms with Crippen LogP contribution < -0.4 is 15.4 Å². The number of rotatable bonds is 10. The number of ether oxygens (including phenoxy) is 1. The van der Waals surface area contributed by atoms with Crippen LogP contribution in [0.5, 0.6) is 11.5 Å². The van der Waals surface area contributed by atoms with Gasteiger partial charge in [-0.25, -0.2) is 0 Å². The minimum absolute atomic E-state index is 0. The fourth-order valence-corrected chi connectivity index (χ4v) is 3.87. The van der Waals surface area contributed by atoms with Crippen LogP contribution in [0.1, 0.15) is 24.5 Å². The van der Waals surface area contributed by atoms with Gasteiger partial charge in [-0.3, -0.25) is 9.79 Å². The quantitative estimate of drug-likeness (QED) is 0.234. The highest BCUT2D eigenvalue weighted by molar-refractivity contribution is 14.0. The van der Waals surface area contributed by atoms with E-state index in [9.17, 15) is 9.90 Å². The average Bonchev–Trinajstić information content (AvgIpc) is 3.17. The molecule has 2 aromatic rings. The Morgan fingerprint density at radius 2 is 1.94 bits per heavy atom. The van der Waals surface area contributed by atoms with Crippen molar-refractivity contribution in [3.63, 3.8) is 0 Å². The lowest BCUT2D eigenvalue weighted by Crippen LogP contribution is -2.38. The van der Waals surface area contributed by atoms with E-state index in [1.807, 2.05) is 42.2 Å². The molecular formula is C25H35IN4O3. The van der Waals surface area contributed by atoms with E-state index < -0.39 is 0 Å². The molecule has 0 aromatic heterocycles. The maximum atomic E-state index is 12.4. The molecule has 1 aliphatic heterocycles. The summed E-state index contributed by atoms with van der Waals surface area (Å²) in [7, 11) is 1.55. The van der Waals surface area contributed by atoms with Crippen molar-refractivity contribution in [1.29, 1.82) is 0 Å². The van der Waals surface area contributed by atoms with Crippen molar-refractivity contribution in [3.8, 4) is 11.5 Å². The van der Waals surface area contributed by atoms with E-state index in [4.69, 9.17) is 9.73 Å². The van der Waals surface area contributed by atoms with Gasteiger partial charge in [0.2, 0.25) is 5.91 Å². The number of phenols is 1. The largest absolute Gasteiger partial charge is 0.504 e. The molecule has 0 saturated carbocycles. The van der Waals surface area contributed by atoms with E-state index >= 15 is 0 Å². The maximum absolute atomic E-state index is 12.4. The second kappa shape index (κ2) is 13.9. The van der Waals surface area contributed by atoms with Crippen molar-refractivity contribution < 1.29 is 14.6 Å². The van der Waals surface area contributed by atoms with Gasteiger partial charge in [0.25, 0.3) is 0 Å². The third-order valence-electron chi connectivity index (χ3n) is 5.61. The number of carbonyl (C=O) groups excluding carboxylic acids is 1. The average molecular weight is 566 g/mol. The van der Waals surface area contributed by atoms with Crippen LogP contribution in [-0.2, 0) is 17.6 Å². The molecule has 0 aliphatic carbocycles. The van der Waals surface area contributed by atoms with E-state index in [0.29, 0.717) is 25.3 Å². The van der Waals surface area contributed by atoms with Crippen molar-refractivity contribution in [2.24, 2.45) is 10.9 Å². The van der Waals surface area contributed by atoms with Gasteiger partial charge in [-0.15, -0.1) is 24.0 Å². The van der Waals surface area contributed by atoms with Crippen LogP contribution in [0.15, 0.2) is 53.5 Å². The Kier molecular flexibility index (Phi) is 11.3. The van der Waals surface area contributed by atoms with Crippen LogP contribution in [0.25, 0.3) is 0 Å². The third-order valence-corrected chi connectivity index (χ3v) is 5.61. The smallest absolute Gasteiger partial charge is 0.223 e. The molecule has 3 rings (SSSR count). The first-order valence-corrected chi connectivity index (χ1v) is 11.3. The third kappa shape index (κ3) is 8.42. The van der Waals surface area contributed by atoms with Crippen molar-refractivity contribution in [1.82, 2.24) is 15.5 Å². The predicted molar refractivity (Wildman–Crippen MR) is 143 cm³/mol. The highest BCUT2D eigenvalue weighted by atomic mass is 127. The topological polar surface area (TPSA) is 86.2 Å². The highest BCUT2D eigenvalue weighted by Gasteiger charge is 2.29. The molecule has 1 amide bonds. The Hall–Kier alpha value is -2.49. The molecule has 2 aromatic carbocycles. The van der Waals surface area contributed by atoms with Gasteiger partial charge in [0, 0.05) is 45.1 Å². The number of hydrogen-bond acceptors (Lipinski definition) is 4. The molecule has 1 fully saturated rings. The lowest BCUT2D eigenvalue weighted by Gasteiger charge is -2.16. The summed E-state index contributed by atoms with van der Waals surface area (Å²) in [4.78, 5) is 19.1. The van der Waals surface area contributed by atoms with Crippen LogP contribution in [0.4, 0.5) is 0 Å². The SMILES string of the molecule is CCNC(=NCC1CC(=O)N(CCc2ccccc2)C1)NCCc1ccc(O)c(OC)c1.I. The second-order valence-electron chi connectivity index (χ2n) is 8.05. The van der Waals surface area contributed by atoms with Crippen LogP contribution >= 0.6 is 24.0 Å². The monoisotopic (exact) mass is 566 g/mol. The van der Waals surface area contributed by atoms with Gasteiger partial charge in [0.1, 0.15) is 0 Å². The zero-order valence-corrected chi connectivity index (χ0v) is 21.7. The molecule has 8 heteroatoms. The molecule has 180 valence electrons. The Bertz CT molecular complexity index is 908. The number of methoxy groups -OCH3 is 1. The molecule has 0 bridgehead atoms.